The third-order valence-corrected chi connectivity index (χ3v) is 8.67. The Kier molecular flexibility index (Phi) is 6.39. The van der Waals surface area contributed by atoms with Crippen molar-refractivity contribution in [1.82, 2.24) is 24.5 Å². The van der Waals surface area contributed by atoms with Gasteiger partial charge in [0.25, 0.3) is 0 Å². The van der Waals surface area contributed by atoms with Gasteiger partial charge in [-0.15, -0.1) is 0 Å². The molecule has 5 nitrogen and oxygen atoms in total. The monoisotopic (exact) mass is 601 g/mol. The Morgan fingerprint density at radius 2 is 1.06 bits per heavy atom. The number of benzene rings is 4. The topological polar surface area (TPSA) is 56.5 Å². The first kappa shape index (κ1) is 26.9. The summed E-state index contributed by atoms with van der Waals surface area (Å²) in [5.41, 5.74) is 11.8. The molecule has 5 heteroatoms. The summed E-state index contributed by atoms with van der Waals surface area (Å²) >= 11 is 0. The van der Waals surface area contributed by atoms with Crippen LogP contribution in [-0.4, -0.2) is 24.5 Å². The van der Waals surface area contributed by atoms with Crippen molar-refractivity contribution in [3.05, 3.63) is 164 Å². The van der Waals surface area contributed by atoms with E-state index in [0.717, 1.165) is 78.2 Å². The summed E-state index contributed by atoms with van der Waals surface area (Å²) in [6, 6.07) is 52.4. The van der Waals surface area contributed by atoms with Crippen molar-refractivity contribution in [3.8, 4) is 50.8 Å². The molecular formula is C42H27N5. The highest BCUT2D eigenvalue weighted by Gasteiger charge is 2.20. The van der Waals surface area contributed by atoms with E-state index >= 15 is 0 Å². The van der Waals surface area contributed by atoms with Gasteiger partial charge in [-0.25, -0.2) is 9.97 Å². The fourth-order valence-corrected chi connectivity index (χ4v) is 6.57. The van der Waals surface area contributed by atoms with Gasteiger partial charge < -0.3 is 4.57 Å². The highest BCUT2D eigenvalue weighted by molar-refractivity contribution is 6.22. The van der Waals surface area contributed by atoms with E-state index in [-0.39, 0.29) is 0 Å². The Morgan fingerprint density at radius 3 is 1.79 bits per heavy atom. The summed E-state index contributed by atoms with van der Waals surface area (Å²) in [6.45, 7) is 0. The lowest BCUT2D eigenvalue weighted by Crippen LogP contribution is -1.97. The standard InChI is InChI=1S/C42H27N5/c1-2-13-28(14-3-1)41-40-33-18-5-7-22-39(33)47(42(40)32-17-4-6-19-34(32)46-41)31-16-12-15-29(25-31)30-26-37(35-20-8-10-23-43-35)45-38(27-30)36-21-9-11-24-44-36/h1-27H. The van der Waals surface area contributed by atoms with Gasteiger partial charge in [0.2, 0.25) is 0 Å². The van der Waals surface area contributed by atoms with Crippen LogP contribution in [0.1, 0.15) is 0 Å². The molecule has 4 aromatic carbocycles. The van der Waals surface area contributed by atoms with Crippen molar-refractivity contribution in [1.29, 1.82) is 0 Å². The summed E-state index contributed by atoms with van der Waals surface area (Å²) in [6.07, 6.45) is 3.60. The van der Waals surface area contributed by atoms with Crippen LogP contribution in [0.5, 0.6) is 0 Å². The average Bonchev–Trinajstić information content (AvgIpc) is 3.51. The molecule has 5 heterocycles. The number of para-hydroxylation sites is 2. The third kappa shape index (κ3) is 4.64. The molecule has 0 fully saturated rings. The molecule has 0 unspecified atom stereocenters. The highest BCUT2D eigenvalue weighted by atomic mass is 15.0. The molecule has 220 valence electrons. The van der Waals surface area contributed by atoms with Gasteiger partial charge in [0.05, 0.1) is 45.0 Å². The van der Waals surface area contributed by atoms with E-state index in [2.05, 4.69) is 124 Å². The quantitative estimate of drug-likeness (QED) is 0.197. The summed E-state index contributed by atoms with van der Waals surface area (Å²) in [7, 11) is 0. The highest BCUT2D eigenvalue weighted by Crippen LogP contribution is 2.41. The normalized spacial score (nSPS) is 11.4. The van der Waals surface area contributed by atoms with Gasteiger partial charge >= 0.3 is 0 Å². The molecule has 5 aromatic heterocycles. The maximum absolute atomic E-state index is 5.24. The Balaban J connectivity index is 1.32. The smallest absolute Gasteiger partial charge is 0.0900 e. The lowest BCUT2D eigenvalue weighted by molar-refractivity contribution is 1.18. The molecule has 0 spiro atoms. The maximum Gasteiger partial charge on any atom is 0.0900 e. The van der Waals surface area contributed by atoms with Crippen LogP contribution in [0.3, 0.4) is 0 Å². The van der Waals surface area contributed by atoms with Crippen LogP contribution in [0.25, 0.3) is 83.6 Å². The second kappa shape index (κ2) is 11.2. The fraction of sp³-hybridized carbons (Fsp3) is 0. The van der Waals surface area contributed by atoms with E-state index in [0.29, 0.717) is 0 Å². The van der Waals surface area contributed by atoms with Gasteiger partial charge in [0.15, 0.2) is 0 Å². The fourth-order valence-electron chi connectivity index (χ4n) is 6.57. The van der Waals surface area contributed by atoms with Crippen LogP contribution in [0.4, 0.5) is 0 Å². The molecule has 0 aliphatic carbocycles. The summed E-state index contributed by atoms with van der Waals surface area (Å²) < 4.78 is 2.39. The molecule has 0 atom stereocenters. The lowest BCUT2D eigenvalue weighted by Gasteiger charge is -2.14. The Morgan fingerprint density at radius 1 is 0.426 bits per heavy atom. The molecule has 0 saturated heterocycles. The second-order valence-electron chi connectivity index (χ2n) is 11.5. The predicted molar refractivity (Wildman–Crippen MR) is 191 cm³/mol. The van der Waals surface area contributed by atoms with E-state index in [1.54, 1.807) is 12.4 Å². The van der Waals surface area contributed by atoms with E-state index in [4.69, 9.17) is 9.97 Å². The van der Waals surface area contributed by atoms with Gasteiger partial charge in [-0.2, -0.15) is 0 Å². The summed E-state index contributed by atoms with van der Waals surface area (Å²) in [5, 5.41) is 3.43. The summed E-state index contributed by atoms with van der Waals surface area (Å²) in [5.74, 6) is 0. The zero-order chi connectivity index (χ0) is 31.2. The summed E-state index contributed by atoms with van der Waals surface area (Å²) in [4.78, 5) is 19.5. The second-order valence-corrected chi connectivity index (χ2v) is 11.5. The van der Waals surface area contributed by atoms with Crippen molar-refractivity contribution in [2.24, 2.45) is 0 Å². The van der Waals surface area contributed by atoms with Crippen molar-refractivity contribution >= 4 is 32.7 Å². The van der Waals surface area contributed by atoms with E-state index in [1.165, 1.54) is 5.39 Å². The van der Waals surface area contributed by atoms with Crippen LogP contribution in [0, 0.1) is 0 Å². The first-order valence-corrected chi connectivity index (χ1v) is 15.6. The van der Waals surface area contributed by atoms with Gasteiger partial charge in [0.1, 0.15) is 0 Å². The Hall–Kier alpha value is -6.46. The van der Waals surface area contributed by atoms with E-state index < -0.39 is 0 Å². The molecule has 0 amide bonds. The molecule has 0 radical (unpaired) electrons. The number of nitrogens with zero attached hydrogens (tertiary/aromatic N) is 5. The minimum Gasteiger partial charge on any atom is -0.308 e. The first-order valence-electron chi connectivity index (χ1n) is 15.6. The van der Waals surface area contributed by atoms with E-state index in [1.807, 2.05) is 42.5 Å². The number of hydrogen-bond acceptors (Lipinski definition) is 4. The third-order valence-electron chi connectivity index (χ3n) is 8.67. The van der Waals surface area contributed by atoms with E-state index in [9.17, 15) is 0 Å². The Bertz CT molecular complexity index is 2500. The SMILES string of the molecule is c1ccc(-c2nc3ccccc3c3c2c2ccccc2n3-c2cccc(-c3cc(-c4ccccn4)nc(-c4ccccn4)c3)c2)cc1. The number of pyridine rings is 4. The van der Waals surface area contributed by atoms with Crippen molar-refractivity contribution in [2.45, 2.75) is 0 Å². The molecule has 47 heavy (non-hydrogen) atoms. The van der Waals surface area contributed by atoms with Crippen molar-refractivity contribution in [3.63, 3.8) is 0 Å². The molecule has 0 aliphatic rings. The minimum atomic E-state index is 0.801. The van der Waals surface area contributed by atoms with Crippen molar-refractivity contribution in [2.75, 3.05) is 0 Å². The number of hydrogen-bond donors (Lipinski definition) is 0. The largest absolute Gasteiger partial charge is 0.308 e. The minimum absolute atomic E-state index is 0.801. The lowest BCUT2D eigenvalue weighted by atomic mass is 10.0. The molecule has 9 aromatic rings. The number of rotatable bonds is 5. The van der Waals surface area contributed by atoms with Crippen molar-refractivity contribution < 1.29 is 0 Å². The first-order chi connectivity index (χ1) is 23.3. The zero-order valence-electron chi connectivity index (χ0n) is 25.3. The van der Waals surface area contributed by atoms with Gasteiger partial charge in [0, 0.05) is 39.8 Å². The van der Waals surface area contributed by atoms with Gasteiger partial charge in [-0.05, 0) is 71.8 Å². The molecular weight excluding hydrogens is 574 g/mol. The Labute approximate surface area is 271 Å². The molecule has 0 saturated carbocycles. The molecule has 0 bridgehead atoms. The van der Waals surface area contributed by atoms with Crippen LogP contribution in [0.15, 0.2) is 164 Å². The van der Waals surface area contributed by atoms with Crippen LogP contribution in [0.2, 0.25) is 0 Å². The van der Waals surface area contributed by atoms with Crippen LogP contribution >= 0.6 is 0 Å². The molecule has 9 rings (SSSR count). The average molecular weight is 602 g/mol. The molecule has 0 aliphatic heterocycles. The maximum atomic E-state index is 5.24. The van der Waals surface area contributed by atoms with Crippen LogP contribution < -0.4 is 0 Å². The van der Waals surface area contributed by atoms with Crippen LogP contribution in [-0.2, 0) is 0 Å². The zero-order valence-corrected chi connectivity index (χ0v) is 25.3. The number of aromatic nitrogens is 5. The van der Waals surface area contributed by atoms with Gasteiger partial charge in [-0.1, -0.05) is 91.0 Å². The number of fused-ring (bicyclic) bond motifs is 5. The molecule has 0 N–H and O–H groups in total. The van der Waals surface area contributed by atoms with Gasteiger partial charge in [-0.3, -0.25) is 9.97 Å². The predicted octanol–water partition coefficient (Wildman–Crippen LogP) is 10.2.